The first-order valence-corrected chi connectivity index (χ1v) is 10.3. The minimum atomic E-state index is -1.28. The first kappa shape index (κ1) is 22.9. The van der Waals surface area contributed by atoms with Crippen LogP contribution in [0, 0.1) is 0 Å². The fourth-order valence-corrected chi connectivity index (χ4v) is 3.44. The lowest BCUT2D eigenvalue weighted by atomic mass is 9.92. The SMILES string of the molecule is CCOc1ccc(OCC)c(NC(=O)CN2C(=O)N[C@@](C)(c3ccc(OC)cc3)C2=O)c1. The standard InChI is InChI=1S/C23H27N3O6/c1-5-31-17-11-12-19(32-6-2)18(13-17)24-20(27)14-26-21(28)23(3,25-22(26)29)15-7-9-16(30-4)10-8-15/h7-13H,5-6,14H2,1-4H3,(H,24,27)(H,25,29)/t23-/m0/s1. The third-order valence-electron chi connectivity index (χ3n) is 5.08. The lowest BCUT2D eigenvalue weighted by Crippen LogP contribution is -2.42. The van der Waals surface area contributed by atoms with Crippen molar-refractivity contribution in [3.63, 3.8) is 0 Å². The number of methoxy groups -OCH3 is 1. The number of carbonyl (C=O) groups is 3. The van der Waals surface area contributed by atoms with Gasteiger partial charge in [-0.3, -0.25) is 14.5 Å². The number of ether oxygens (including phenoxy) is 3. The van der Waals surface area contributed by atoms with Crippen LogP contribution in [-0.4, -0.2) is 49.6 Å². The Morgan fingerprint density at radius 2 is 1.69 bits per heavy atom. The van der Waals surface area contributed by atoms with E-state index in [1.165, 1.54) is 0 Å². The molecule has 1 aliphatic heterocycles. The van der Waals surface area contributed by atoms with Crippen LogP contribution in [0.1, 0.15) is 26.3 Å². The lowest BCUT2D eigenvalue weighted by Gasteiger charge is -2.22. The molecule has 3 rings (SSSR count). The molecule has 2 aromatic rings. The summed E-state index contributed by atoms with van der Waals surface area (Å²) in [4.78, 5) is 39.2. The van der Waals surface area contributed by atoms with E-state index in [1.807, 2.05) is 13.8 Å². The van der Waals surface area contributed by atoms with Gasteiger partial charge in [0.1, 0.15) is 29.3 Å². The van der Waals surface area contributed by atoms with E-state index < -0.39 is 29.9 Å². The van der Waals surface area contributed by atoms with Gasteiger partial charge in [0.2, 0.25) is 5.91 Å². The van der Waals surface area contributed by atoms with Gasteiger partial charge in [-0.1, -0.05) is 12.1 Å². The highest BCUT2D eigenvalue weighted by Gasteiger charge is 2.49. The van der Waals surface area contributed by atoms with Crippen molar-refractivity contribution in [2.24, 2.45) is 0 Å². The Hall–Kier alpha value is -3.75. The van der Waals surface area contributed by atoms with Crippen molar-refractivity contribution in [1.29, 1.82) is 0 Å². The predicted molar refractivity (Wildman–Crippen MR) is 118 cm³/mol. The van der Waals surface area contributed by atoms with Crippen molar-refractivity contribution in [2.45, 2.75) is 26.3 Å². The minimum Gasteiger partial charge on any atom is -0.497 e. The van der Waals surface area contributed by atoms with Gasteiger partial charge in [-0.2, -0.15) is 0 Å². The van der Waals surface area contributed by atoms with Gasteiger partial charge in [0.05, 0.1) is 26.0 Å². The zero-order valence-corrected chi connectivity index (χ0v) is 18.6. The molecule has 1 fully saturated rings. The minimum absolute atomic E-state index is 0.396. The summed E-state index contributed by atoms with van der Waals surface area (Å²) in [5.74, 6) is 0.598. The Kier molecular flexibility index (Phi) is 6.87. The maximum Gasteiger partial charge on any atom is 0.325 e. The summed E-state index contributed by atoms with van der Waals surface area (Å²) in [6.07, 6.45) is 0. The number of imide groups is 1. The molecule has 0 unspecified atom stereocenters. The van der Waals surface area contributed by atoms with Gasteiger partial charge < -0.3 is 24.8 Å². The highest BCUT2D eigenvalue weighted by atomic mass is 16.5. The van der Waals surface area contributed by atoms with Crippen molar-refractivity contribution in [3.8, 4) is 17.2 Å². The van der Waals surface area contributed by atoms with Gasteiger partial charge in [-0.15, -0.1) is 0 Å². The van der Waals surface area contributed by atoms with Crippen LogP contribution < -0.4 is 24.8 Å². The molecule has 1 aliphatic rings. The zero-order valence-electron chi connectivity index (χ0n) is 18.6. The summed E-state index contributed by atoms with van der Waals surface area (Å²) in [6.45, 7) is 5.71. The monoisotopic (exact) mass is 441 g/mol. The molecule has 9 heteroatoms. The smallest absolute Gasteiger partial charge is 0.325 e. The van der Waals surface area contributed by atoms with Crippen LogP contribution in [0.4, 0.5) is 10.5 Å². The summed E-state index contributed by atoms with van der Waals surface area (Å²) < 4.78 is 16.2. The number of carbonyl (C=O) groups excluding carboxylic acids is 3. The molecule has 0 aliphatic carbocycles. The van der Waals surface area contributed by atoms with E-state index in [9.17, 15) is 14.4 Å². The third kappa shape index (κ3) is 4.61. The molecule has 1 atom stereocenters. The number of hydrogen-bond donors (Lipinski definition) is 2. The number of nitrogens with one attached hydrogen (secondary N) is 2. The maximum atomic E-state index is 13.1. The zero-order chi connectivity index (χ0) is 23.3. The number of benzene rings is 2. The van der Waals surface area contributed by atoms with Gasteiger partial charge in [0, 0.05) is 6.07 Å². The van der Waals surface area contributed by atoms with Crippen molar-refractivity contribution >= 4 is 23.5 Å². The Morgan fingerprint density at radius 1 is 1.03 bits per heavy atom. The molecule has 9 nitrogen and oxygen atoms in total. The summed E-state index contributed by atoms with van der Waals surface area (Å²) in [6, 6.07) is 11.2. The topological polar surface area (TPSA) is 106 Å². The van der Waals surface area contributed by atoms with Gasteiger partial charge in [-0.05, 0) is 50.6 Å². The molecule has 2 N–H and O–H groups in total. The Bertz CT molecular complexity index is 1010. The van der Waals surface area contributed by atoms with E-state index >= 15 is 0 Å². The average molecular weight is 441 g/mol. The van der Waals surface area contributed by atoms with Crippen molar-refractivity contribution in [3.05, 3.63) is 48.0 Å². The quantitative estimate of drug-likeness (QED) is 0.580. The van der Waals surface area contributed by atoms with Crippen LogP contribution >= 0.6 is 0 Å². The first-order chi connectivity index (χ1) is 15.3. The number of anilines is 1. The molecule has 1 heterocycles. The van der Waals surface area contributed by atoms with Crippen LogP contribution in [0.5, 0.6) is 17.2 Å². The molecule has 0 radical (unpaired) electrons. The summed E-state index contributed by atoms with van der Waals surface area (Å²) in [7, 11) is 1.54. The van der Waals surface area contributed by atoms with Gasteiger partial charge in [0.15, 0.2) is 0 Å². The normalized spacial score (nSPS) is 17.7. The molecule has 0 saturated carbocycles. The van der Waals surface area contributed by atoms with Crippen molar-refractivity contribution < 1.29 is 28.6 Å². The first-order valence-electron chi connectivity index (χ1n) is 10.3. The number of nitrogens with zero attached hydrogens (tertiary/aromatic N) is 1. The van der Waals surface area contributed by atoms with Gasteiger partial charge >= 0.3 is 6.03 Å². The van der Waals surface area contributed by atoms with E-state index in [2.05, 4.69) is 10.6 Å². The largest absolute Gasteiger partial charge is 0.497 e. The van der Waals surface area contributed by atoms with Crippen LogP contribution in [0.2, 0.25) is 0 Å². The Labute approximate surface area is 186 Å². The number of rotatable bonds is 9. The maximum absolute atomic E-state index is 13.1. The van der Waals surface area contributed by atoms with Crippen molar-refractivity contribution in [2.75, 3.05) is 32.2 Å². The van der Waals surface area contributed by atoms with Gasteiger partial charge in [-0.25, -0.2) is 4.79 Å². The second kappa shape index (κ2) is 9.59. The fourth-order valence-electron chi connectivity index (χ4n) is 3.44. The van der Waals surface area contributed by atoms with Crippen LogP contribution in [0.15, 0.2) is 42.5 Å². The van der Waals surface area contributed by atoms with E-state index in [1.54, 1.807) is 56.5 Å². The summed E-state index contributed by atoms with van der Waals surface area (Å²) in [5, 5.41) is 5.39. The number of amides is 4. The number of hydrogen-bond acceptors (Lipinski definition) is 6. The molecule has 0 bridgehead atoms. The lowest BCUT2D eigenvalue weighted by molar-refractivity contribution is -0.133. The van der Waals surface area contributed by atoms with Gasteiger partial charge in [0.25, 0.3) is 5.91 Å². The van der Waals surface area contributed by atoms with Crippen LogP contribution in [0.3, 0.4) is 0 Å². The Morgan fingerprint density at radius 3 is 2.31 bits per heavy atom. The summed E-state index contributed by atoms with van der Waals surface area (Å²) in [5.41, 5.74) is -0.301. The molecule has 2 aromatic carbocycles. The molecular formula is C23H27N3O6. The average Bonchev–Trinajstić information content (AvgIpc) is 2.99. The van der Waals surface area contributed by atoms with Crippen LogP contribution in [-0.2, 0) is 15.1 Å². The second-order valence-corrected chi connectivity index (χ2v) is 7.25. The second-order valence-electron chi connectivity index (χ2n) is 7.25. The Balaban J connectivity index is 1.76. The van der Waals surface area contributed by atoms with Crippen molar-refractivity contribution in [1.82, 2.24) is 10.2 Å². The molecule has 170 valence electrons. The summed E-state index contributed by atoms with van der Waals surface area (Å²) >= 11 is 0. The highest BCUT2D eigenvalue weighted by molar-refractivity contribution is 6.10. The van der Waals surface area contributed by atoms with E-state index in [0.29, 0.717) is 41.7 Å². The highest BCUT2D eigenvalue weighted by Crippen LogP contribution is 2.31. The number of urea groups is 1. The third-order valence-corrected chi connectivity index (χ3v) is 5.08. The molecule has 32 heavy (non-hydrogen) atoms. The van der Waals surface area contributed by atoms with E-state index in [-0.39, 0.29) is 0 Å². The predicted octanol–water partition coefficient (Wildman–Crippen LogP) is 2.90. The molecule has 1 saturated heterocycles. The van der Waals surface area contributed by atoms with Crippen LogP contribution in [0.25, 0.3) is 0 Å². The molecule has 4 amide bonds. The molecule has 0 spiro atoms. The molecule has 0 aromatic heterocycles. The van der Waals surface area contributed by atoms with E-state index in [0.717, 1.165) is 4.90 Å². The van der Waals surface area contributed by atoms with E-state index in [4.69, 9.17) is 14.2 Å². The molecular weight excluding hydrogens is 414 g/mol. The fraction of sp³-hybridized carbons (Fsp3) is 0.348.